The first-order valence-electron chi connectivity index (χ1n) is 7.23. The van der Waals surface area contributed by atoms with Crippen LogP contribution in [0.1, 0.15) is 17.7 Å². The fourth-order valence-electron chi connectivity index (χ4n) is 2.16. The van der Waals surface area contributed by atoms with Gasteiger partial charge in [-0.15, -0.1) is 0 Å². The van der Waals surface area contributed by atoms with E-state index in [1.165, 1.54) is 10.7 Å². The van der Waals surface area contributed by atoms with E-state index in [2.05, 4.69) is 5.10 Å². The minimum Gasteiger partial charge on any atom is -0.493 e. The molecule has 2 rings (SSSR count). The van der Waals surface area contributed by atoms with E-state index in [1.807, 2.05) is 0 Å². The normalized spacial score (nSPS) is 11.5. The van der Waals surface area contributed by atoms with E-state index in [9.17, 15) is 8.42 Å². The summed E-state index contributed by atoms with van der Waals surface area (Å²) in [7, 11) is -2.57. The van der Waals surface area contributed by atoms with Crippen molar-refractivity contribution in [3.63, 3.8) is 0 Å². The summed E-state index contributed by atoms with van der Waals surface area (Å²) < 4.78 is 36.9. The number of halogens is 1. The summed E-state index contributed by atoms with van der Waals surface area (Å²) in [6.45, 7) is 3.67. The van der Waals surface area contributed by atoms with Crippen molar-refractivity contribution < 1.29 is 22.4 Å². The molecule has 0 aliphatic rings. The number of aliphatic hydroxyl groups excluding tert-OH is 1. The first-order chi connectivity index (χ1) is 11.2. The number of ether oxygens (including phenoxy) is 1. The number of hydrogen-bond acceptors (Lipinski definition) is 6. The van der Waals surface area contributed by atoms with Crippen LogP contribution >= 0.6 is 11.6 Å². The lowest BCUT2D eigenvalue weighted by atomic mass is 10.2. The van der Waals surface area contributed by atoms with Gasteiger partial charge in [-0.2, -0.15) is 13.5 Å². The molecule has 0 bridgehead atoms. The van der Waals surface area contributed by atoms with Gasteiger partial charge in [-0.1, -0.05) is 11.6 Å². The SMILES string of the molecule is Cc1cc(OCCCO)cc(OS(=O)(=O)c2c(C)nn(C)c2Cl)c1. The lowest BCUT2D eigenvalue weighted by molar-refractivity contribution is 0.233. The maximum Gasteiger partial charge on any atom is 0.344 e. The second-order valence-corrected chi connectivity index (χ2v) is 7.11. The van der Waals surface area contributed by atoms with Gasteiger partial charge in [-0.3, -0.25) is 4.68 Å². The van der Waals surface area contributed by atoms with E-state index < -0.39 is 10.1 Å². The fourth-order valence-corrected chi connectivity index (χ4v) is 3.79. The summed E-state index contributed by atoms with van der Waals surface area (Å²) in [6, 6.07) is 4.80. The van der Waals surface area contributed by atoms with Gasteiger partial charge in [-0.05, 0) is 31.5 Å². The number of rotatable bonds is 7. The Hall–Kier alpha value is -1.77. The molecule has 0 spiro atoms. The van der Waals surface area contributed by atoms with Gasteiger partial charge in [-0.25, -0.2) is 0 Å². The number of aromatic nitrogens is 2. The van der Waals surface area contributed by atoms with Crippen molar-refractivity contribution >= 4 is 21.7 Å². The highest BCUT2D eigenvalue weighted by Crippen LogP contribution is 2.29. The molecule has 132 valence electrons. The molecule has 1 aromatic carbocycles. The third-order valence-corrected chi connectivity index (χ3v) is 5.10. The Morgan fingerprint density at radius 1 is 1.25 bits per heavy atom. The maximum absolute atomic E-state index is 12.5. The van der Waals surface area contributed by atoms with Gasteiger partial charge in [0, 0.05) is 26.1 Å². The van der Waals surface area contributed by atoms with Crippen molar-refractivity contribution in [3.8, 4) is 11.5 Å². The molecule has 9 heteroatoms. The Morgan fingerprint density at radius 3 is 2.50 bits per heavy atom. The van der Waals surface area contributed by atoms with Crippen LogP contribution in [0.25, 0.3) is 0 Å². The molecular formula is C15H19ClN2O5S. The second kappa shape index (κ2) is 7.42. The zero-order chi connectivity index (χ0) is 17.9. The molecular weight excluding hydrogens is 356 g/mol. The minimum atomic E-state index is -4.12. The van der Waals surface area contributed by atoms with Crippen molar-refractivity contribution in [1.29, 1.82) is 0 Å². The molecule has 0 fully saturated rings. The van der Waals surface area contributed by atoms with Crippen LogP contribution in [0.3, 0.4) is 0 Å². The number of hydrogen-bond donors (Lipinski definition) is 1. The van der Waals surface area contributed by atoms with Gasteiger partial charge >= 0.3 is 10.1 Å². The van der Waals surface area contributed by atoms with Crippen LogP contribution in [0, 0.1) is 13.8 Å². The zero-order valence-electron chi connectivity index (χ0n) is 13.6. The molecule has 7 nitrogen and oxygen atoms in total. The number of benzene rings is 1. The molecule has 1 heterocycles. The average Bonchev–Trinajstić information content (AvgIpc) is 2.71. The van der Waals surface area contributed by atoms with Crippen LogP contribution < -0.4 is 8.92 Å². The Morgan fingerprint density at radius 2 is 1.92 bits per heavy atom. The standard InChI is InChI=1S/C15H19ClN2O5S/c1-10-7-12(22-6-4-5-19)9-13(8-10)23-24(20,21)14-11(2)17-18(3)15(14)16/h7-9,19H,4-6H2,1-3H3. The molecule has 0 aliphatic carbocycles. The predicted octanol–water partition coefficient (Wildman–Crippen LogP) is 2.22. The van der Waals surface area contributed by atoms with Gasteiger partial charge in [0.2, 0.25) is 0 Å². The Balaban J connectivity index is 2.29. The van der Waals surface area contributed by atoms with Gasteiger partial charge < -0.3 is 14.0 Å². The van der Waals surface area contributed by atoms with Gasteiger partial charge in [0.15, 0.2) is 4.90 Å². The highest BCUT2D eigenvalue weighted by atomic mass is 35.5. The van der Waals surface area contributed by atoms with Crippen LogP contribution in [0.4, 0.5) is 0 Å². The number of aryl methyl sites for hydroxylation is 3. The molecule has 0 atom stereocenters. The van der Waals surface area contributed by atoms with Crippen molar-refractivity contribution in [2.45, 2.75) is 25.2 Å². The smallest absolute Gasteiger partial charge is 0.344 e. The molecule has 0 amide bonds. The van der Waals surface area contributed by atoms with Crippen molar-refractivity contribution in [1.82, 2.24) is 9.78 Å². The second-order valence-electron chi connectivity index (χ2n) is 5.27. The van der Waals surface area contributed by atoms with Crippen LogP contribution in [0.5, 0.6) is 11.5 Å². The molecule has 0 unspecified atom stereocenters. The fraction of sp³-hybridized carbons (Fsp3) is 0.400. The summed E-state index contributed by atoms with van der Waals surface area (Å²) in [6.07, 6.45) is 0.479. The third-order valence-electron chi connectivity index (χ3n) is 3.15. The summed E-state index contributed by atoms with van der Waals surface area (Å²) in [5.41, 5.74) is 1.03. The van der Waals surface area contributed by atoms with Gasteiger partial charge in [0.05, 0.1) is 12.3 Å². The van der Waals surface area contributed by atoms with Crippen LogP contribution in [-0.2, 0) is 17.2 Å². The Bertz CT molecular complexity index is 833. The number of nitrogens with zero attached hydrogens (tertiary/aromatic N) is 2. The van der Waals surface area contributed by atoms with Crippen LogP contribution in [0.15, 0.2) is 23.1 Å². The summed E-state index contributed by atoms with van der Waals surface area (Å²) in [4.78, 5) is -0.157. The van der Waals surface area contributed by atoms with Crippen LogP contribution in [-0.4, -0.2) is 36.5 Å². The topological polar surface area (TPSA) is 90.7 Å². The van der Waals surface area contributed by atoms with E-state index in [0.29, 0.717) is 18.8 Å². The van der Waals surface area contributed by atoms with Gasteiger partial charge in [0.1, 0.15) is 16.7 Å². The third kappa shape index (κ3) is 4.19. The first-order valence-corrected chi connectivity index (χ1v) is 9.02. The predicted molar refractivity (Wildman–Crippen MR) is 89.1 cm³/mol. The largest absolute Gasteiger partial charge is 0.493 e. The van der Waals surface area contributed by atoms with E-state index in [0.717, 1.165) is 5.56 Å². The Kier molecular flexibility index (Phi) is 5.74. The van der Waals surface area contributed by atoms with Crippen molar-refractivity contribution in [3.05, 3.63) is 34.6 Å². The lowest BCUT2D eigenvalue weighted by Gasteiger charge is -2.11. The average molecular weight is 375 g/mol. The molecule has 1 N–H and O–H groups in total. The first kappa shape index (κ1) is 18.6. The van der Waals surface area contributed by atoms with E-state index >= 15 is 0 Å². The van der Waals surface area contributed by atoms with Gasteiger partial charge in [0.25, 0.3) is 0 Å². The quantitative estimate of drug-likeness (QED) is 0.590. The minimum absolute atomic E-state index is 0.0143. The van der Waals surface area contributed by atoms with E-state index in [-0.39, 0.29) is 28.1 Å². The van der Waals surface area contributed by atoms with Crippen molar-refractivity contribution in [2.75, 3.05) is 13.2 Å². The van der Waals surface area contributed by atoms with E-state index in [1.54, 1.807) is 33.0 Å². The lowest BCUT2D eigenvalue weighted by Crippen LogP contribution is -2.11. The Labute approximate surface area is 145 Å². The van der Waals surface area contributed by atoms with Crippen LogP contribution in [0.2, 0.25) is 5.15 Å². The summed E-state index contributed by atoms with van der Waals surface area (Å²) >= 11 is 6.00. The van der Waals surface area contributed by atoms with Crippen molar-refractivity contribution in [2.24, 2.45) is 7.05 Å². The number of aliphatic hydroxyl groups is 1. The molecule has 0 saturated heterocycles. The highest BCUT2D eigenvalue weighted by Gasteiger charge is 2.27. The molecule has 0 aliphatic heterocycles. The molecule has 0 saturated carbocycles. The zero-order valence-corrected chi connectivity index (χ0v) is 15.2. The highest BCUT2D eigenvalue weighted by molar-refractivity contribution is 7.87. The molecule has 1 aromatic heterocycles. The summed E-state index contributed by atoms with van der Waals surface area (Å²) in [5.74, 6) is 0.580. The molecule has 2 aromatic rings. The molecule has 24 heavy (non-hydrogen) atoms. The summed E-state index contributed by atoms with van der Waals surface area (Å²) in [5, 5.41) is 12.7. The molecule has 0 radical (unpaired) electrons. The maximum atomic E-state index is 12.5. The monoisotopic (exact) mass is 374 g/mol. The van der Waals surface area contributed by atoms with E-state index in [4.69, 9.17) is 25.6 Å².